The van der Waals surface area contributed by atoms with Crippen molar-refractivity contribution in [3.8, 4) is 5.75 Å². The Kier molecular flexibility index (Phi) is 5.18. The van der Waals surface area contributed by atoms with Crippen LogP contribution in [0.3, 0.4) is 0 Å². The summed E-state index contributed by atoms with van der Waals surface area (Å²) in [6.45, 7) is 1.24. The molecule has 0 radical (unpaired) electrons. The van der Waals surface area contributed by atoms with E-state index in [-0.39, 0.29) is 18.8 Å². The third-order valence-corrected chi connectivity index (χ3v) is 4.55. The van der Waals surface area contributed by atoms with Crippen LogP contribution >= 0.6 is 0 Å². The summed E-state index contributed by atoms with van der Waals surface area (Å²) in [6, 6.07) is 11.5. The maximum absolute atomic E-state index is 13.0. The van der Waals surface area contributed by atoms with Crippen LogP contribution in [0.4, 0.5) is 10.5 Å². The molecule has 0 saturated carbocycles. The zero-order valence-corrected chi connectivity index (χ0v) is 15.5. The highest BCUT2D eigenvalue weighted by molar-refractivity contribution is 6.07. The Hall–Kier alpha value is -3.95. The monoisotopic (exact) mass is 398 g/mol. The summed E-state index contributed by atoms with van der Waals surface area (Å²) in [5.41, 5.74) is 4.64. The number of hydrogen-bond acceptors (Lipinski definition) is 6. The molecule has 0 bridgehead atoms. The van der Waals surface area contributed by atoms with Crippen molar-refractivity contribution in [3.05, 3.63) is 69.8 Å². The van der Waals surface area contributed by atoms with Gasteiger partial charge in [-0.2, -0.15) is 0 Å². The second kappa shape index (κ2) is 7.58. The van der Waals surface area contributed by atoms with E-state index >= 15 is 0 Å². The third kappa shape index (κ3) is 4.00. The molecular weight excluding hydrogens is 380 g/mol. The molecule has 0 aromatic heterocycles. The number of amides is 4. The molecule has 4 amide bonds. The molecule has 1 saturated heterocycles. The fourth-order valence-corrected chi connectivity index (χ4v) is 3.02. The Morgan fingerprint density at radius 1 is 1.24 bits per heavy atom. The predicted molar refractivity (Wildman–Crippen MR) is 101 cm³/mol. The zero-order valence-electron chi connectivity index (χ0n) is 15.5. The van der Waals surface area contributed by atoms with Gasteiger partial charge in [0.25, 0.3) is 17.5 Å². The van der Waals surface area contributed by atoms with Crippen molar-refractivity contribution in [2.24, 2.45) is 5.73 Å². The first-order valence-corrected chi connectivity index (χ1v) is 8.60. The molecule has 1 aliphatic rings. The molecule has 2 aromatic rings. The number of nitrogens with one attached hydrogen (secondary N) is 1. The van der Waals surface area contributed by atoms with Crippen LogP contribution in [0.2, 0.25) is 0 Å². The van der Waals surface area contributed by atoms with Crippen molar-refractivity contribution < 1.29 is 24.0 Å². The van der Waals surface area contributed by atoms with Crippen molar-refractivity contribution in [2.45, 2.75) is 19.0 Å². The third-order valence-electron chi connectivity index (χ3n) is 4.55. The average molecular weight is 398 g/mol. The number of non-ortho nitro benzene ring substituents is 1. The number of imide groups is 1. The molecule has 1 heterocycles. The first-order chi connectivity index (χ1) is 13.7. The lowest BCUT2D eigenvalue weighted by Gasteiger charge is -2.22. The SMILES string of the molecule is CC1(c2ccc([N+](=O)[O-])cc2)NC(=O)N(Cc2cccc(OCC(N)=O)c2)C1=O. The van der Waals surface area contributed by atoms with Crippen LogP contribution in [-0.2, 0) is 21.7 Å². The number of ether oxygens (including phenoxy) is 1. The Balaban J connectivity index is 1.79. The van der Waals surface area contributed by atoms with Gasteiger partial charge in [-0.15, -0.1) is 0 Å². The van der Waals surface area contributed by atoms with Crippen LogP contribution in [-0.4, -0.2) is 34.3 Å². The second-order valence-corrected chi connectivity index (χ2v) is 6.65. The summed E-state index contributed by atoms with van der Waals surface area (Å²) >= 11 is 0. The molecule has 0 spiro atoms. The maximum Gasteiger partial charge on any atom is 0.325 e. The summed E-state index contributed by atoms with van der Waals surface area (Å²) in [5.74, 6) is -0.727. The van der Waals surface area contributed by atoms with E-state index in [0.29, 0.717) is 16.9 Å². The molecule has 1 aliphatic heterocycles. The smallest absolute Gasteiger partial charge is 0.325 e. The highest BCUT2D eigenvalue weighted by Crippen LogP contribution is 2.31. The number of rotatable bonds is 7. The van der Waals surface area contributed by atoms with E-state index in [1.807, 2.05) is 0 Å². The zero-order chi connectivity index (χ0) is 21.2. The first kappa shape index (κ1) is 19.8. The van der Waals surface area contributed by atoms with Crippen LogP contribution in [0, 0.1) is 10.1 Å². The van der Waals surface area contributed by atoms with Gasteiger partial charge in [0, 0.05) is 12.1 Å². The van der Waals surface area contributed by atoms with Gasteiger partial charge < -0.3 is 15.8 Å². The molecule has 10 heteroatoms. The van der Waals surface area contributed by atoms with Gasteiger partial charge in [0.15, 0.2) is 6.61 Å². The van der Waals surface area contributed by atoms with E-state index < -0.39 is 28.3 Å². The van der Waals surface area contributed by atoms with Crippen molar-refractivity contribution in [1.29, 1.82) is 0 Å². The number of primary amides is 1. The van der Waals surface area contributed by atoms with Crippen LogP contribution in [0.1, 0.15) is 18.1 Å². The van der Waals surface area contributed by atoms with Crippen LogP contribution < -0.4 is 15.8 Å². The fourth-order valence-electron chi connectivity index (χ4n) is 3.02. The topological polar surface area (TPSA) is 145 Å². The van der Waals surface area contributed by atoms with Gasteiger partial charge in [0.1, 0.15) is 11.3 Å². The molecule has 1 fully saturated rings. The maximum atomic E-state index is 13.0. The van der Waals surface area contributed by atoms with Crippen molar-refractivity contribution in [2.75, 3.05) is 6.61 Å². The summed E-state index contributed by atoms with van der Waals surface area (Å²) in [4.78, 5) is 47.6. The predicted octanol–water partition coefficient (Wildman–Crippen LogP) is 1.43. The molecule has 3 rings (SSSR count). The highest BCUT2D eigenvalue weighted by atomic mass is 16.6. The highest BCUT2D eigenvalue weighted by Gasteiger charge is 2.49. The van der Waals surface area contributed by atoms with Gasteiger partial charge in [-0.25, -0.2) is 4.79 Å². The number of urea groups is 1. The number of nitro benzene ring substituents is 1. The van der Waals surface area contributed by atoms with Crippen LogP contribution in [0.25, 0.3) is 0 Å². The minimum atomic E-state index is -1.34. The van der Waals surface area contributed by atoms with Gasteiger partial charge in [-0.05, 0) is 42.3 Å². The molecule has 1 unspecified atom stereocenters. The Labute approximate surface area is 165 Å². The second-order valence-electron chi connectivity index (χ2n) is 6.65. The van der Waals surface area contributed by atoms with Gasteiger partial charge in [0.05, 0.1) is 11.5 Å². The number of carbonyl (C=O) groups excluding carboxylic acids is 3. The van der Waals surface area contributed by atoms with E-state index in [2.05, 4.69) is 5.32 Å². The van der Waals surface area contributed by atoms with E-state index in [9.17, 15) is 24.5 Å². The largest absolute Gasteiger partial charge is 0.484 e. The summed E-state index contributed by atoms with van der Waals surface area (Å²) in [6.07, 6.45) is 0. The molecule has 3 N–H and O–H groups in total. The molecular formula is C19H18N4O6. The Morgan fingerprint density at radius 3 is 2.55 bits per heavy atom. The summed E-state index contributed by atoms with van der Waals surface area (Å²) in [5, 5.41) is 13.5. The number of nitro groups is 1. The fraction of sp³-hybridized carbons (Fsp3) is 0.211. The van der Waals surface area contributed by atoms with E-state index in [4.69, 9.17) is 10.5 Å². The number of carbonyl (C=O) groups is 3. The quantitative estimate of drug-likeness (QED) is 0.410. The Bertz CT molecular complexity index is 990. The lowest BCUT2D eigenvalue weighted by molar-refractivity contribution is -0.384. The molecule has 0 aliphatic carbocycles. The van der Waals surface area contributed by atoms with Gasteiger partial charge >= 0.3 is 6.03 Å². The van der Waals surface area contributed by atoms with Crippen molar-refractivity contribution >= 4 is 23.5 Å². The molecule has 10 nitrogen and oxygen atoms in total. The number of benzene rings is 2. The van der Waals surface area contributed by atoms with Crippen molar-refractivity contribution in [3.63, 3.8) is 0 Å². The standard InChI is InChI=1S/C19H18N4O6/c1-19(13-5-7-14(8-6-13)23(27)28)17(25)22(18(26)21-19)10-12-3-2-4-15(9-12)29-11-16(20)24/h2-9H,10-11H2,1H3,(H2,20,24)(H,21,26). The first-order valence-electron chi connectivity index (χ1n) is 8.60. The molecule has 2 aromatic carbocycles. The molecule has 1 atom stereocenters. The van der Waals surface area contributed by atoms with Gasteiger partial charge in [-0.3, -0.25) is 24.6 Å². The van der Waals surface area contributed by atoms with Crippen molar-refractivity contribution in [1.82, 2.24) is 10.2 Å². The van der Waals surface area contributed by atoms with Crippen LogP contribution in [0.15, 0.2) is 48.5 Å². The number of hydrogen-bond donors (Lipinski definition) is 2. The number of nitrogens with zero attached hydrogens (tertiary/aromatic N) is 2. The van der Waals surface area contributed by atoms with E-state index in [1.54, 1.807) is 31.2 Å². The normalized spacial score (nSPS) is 18.4. The van der Waals surface area contributed by atoms with Crippen LogP contribution in [0.5, 0.6) is 5.75 Å². The van der Waals surface area contributed by atoms with Gasteiger partial charge in [0.2, 0.25) is 0 Å². The Morgan fingerprint density at radius 2 is 1.93 bits per heavy atom. The lowest BCUT2D eigenvalue weighted by Crippen LogP contribution is -2.40. The van der Waals surface area contributed by atoms with E-state index in [1.165, 1.54) is 24.3 Å². The molecule has 150 valence electrons. The van der Waals surface area contributed by atoms with E-state index in [0.717, 1.165) is 4.90 Å². The van der Waals surface area contributed by atoms with Gasteiger partial charge in [-0.1, -0.05) is 12.1 Å². The average Bonchev–Trinajstić information content (AvgIpc) is 2.91. The number of nitrogens with two attached hydrogens (primary N) is 1. The molecule has 29 heavy (non-hydrogen) atoms. The minimum absolute atomic E-state index is 0.0129. The minimum Gasteiger partial charge on any atom is -0.484 e. The summed E-state index contributed by atoms with van der Waals surface area (Å²) < 4.78 is 5.23. The lowest BCUT2D eigenvalue weighted by atomic mass is 9.92. The summed E-state index contributed by atoms with van der Waals surface area (Å²) in [7, 11) is 0.